The van der Waals surface area contributed by atoms with Crippen molar-refractivity contribution in [3.05, 3.63) is 36.4 Å². The molecule has 1 saturated heterocycles. The molecular formula is C19H32N2O3SSi. The van der Waals surface area contributed by atoms with Crippen LogP contribution in [0.3, 0.4) is 0 Å². The van der Waals surface area contributed by atoms with Gasteiger partial charge in [0.25, 0.3) is 0 Å². The van der Waals surface area contributed by atoms with E-state index in [1.807, 2.05) is 0 Å². The first-order valence-electron chi connectivity index (χ1n) is 9.07. The molecule has 1 atom stereocenters. The van der Waals surface area contributed by atoms with E-state index in [9.17, 15) is 8.42 Å². The Labute approximate surface area is 159 Å². The Morgan fingerprint density at radius 1 is 1.31 bits per heavy atom. The van der Waals surface area contributed by atoms with Gasteiger partial charge in [-0.3, -0.25) is 0 Å². The molecule has 0 unspecified atom stereocenters. The molecule has 0 aliphatic carbocycles. The van der Waals surface area contributed by atoms with Crippen molar-refractivity contribution in [2.24, 2.45) is 0 Å². The molecule has 0 bridgehead atoms. The highest BCUT2D eigenvalue weighted by Gasteiger charge is 2.38. The van der Waals surface area contributed by atoms with Crippen LogP contribution in [0, 0.1) is 0 Å². The molecule has 0 aromatic heterocycles. The van der Waals surface area contributed by atoms with Crippen LogP contribution >= 0.6 is 0 Å². The van der Waals surface area contributed by atoms with E-state index in [1.54, 1.807) is 34.6 Å². The van der Waals surface area contributed by atoms with Crippen LogP contribution in [0.1, 0.15) is 26.3 Å². The first-order chi connectivity index (χ1) is 12.0. The second-order valence-corrected chi connectivity index (χ2v) is 15.1. The molecule has 146 valence electrons. The number of nitrogens with one attached hydrogen (secondary N) is 1. The van der Waals surface area contributed by atoms with Gasteiger partial charge in [-0.2, -0.15) is 4.31 Å². The van der Waals surface area contributed by atoms with E-state index in [-0.39, 0.29) is 11.1 Å². The second-order valence-electron chi connectivity index (χ2n) is 8.36. The van der Waals surface area contributed by atoms with E-state index in [0.717, 1.165) is 5.56 Å². The number of nitrogens with zero attached hydrogens (tertiary/aromatic N) is 1. The summed E-state index contributed by atoms with van der Waals surface area (Å²) in [5.74, 6) is 0. The number of benzene rings is 1. The van der Waals surface area contributed by atoms with Crippen molar-refractivity contribution >= 4 is 24.4 Å². The lowest BCUT2D eigenvalue weighted by molar-refractivity contribution is 0.198. The fraction of sp³-hybridized carbons (Fsp3) is 0.579. The summed E-state index contributed by atoms with van der Waals surface area (Å²) < 4.78 is 33.7. The van der Waals surface area contributed by atoms with Gasteiger partial charge in [-0.15, -0.1) is 0 Å². The van der Waals surface area contributed by atoms with E-state index in [1.165, 1.54) is 0 Å². The molecule has 0 amide bonds. The summed E-state index contributed by atoms with van der Waals surface area (Å²) in [6, 6.07) is 6.87. The van der Waals surface area contributed by atoms with Gasteiger partial charge in [0.1, 0.15) is 0 Å². The fourth-order valence-corrected chi connectivity index (χ4v) is 5.11. The maximum atomic E-state index is 12.9. The van der Waals surface area contributed by atoms with Gasteiger partial charge in [0.2, 0.25) is 10.0 Å². The Morgan fingerprint density at radius 3 is 2.46 bits per heavy atom. The van der Waals surface area contributed by atoms with E-state index in [4.69, 9.17) is 4.43 Å². The van der Waals surface area contributed by atoms with Gasteiger partial charge in [-0.25, -0.2) is 8.42 Å². The third-order valence-electron chi connectivity index (χ3n) is 5.42. The lowest BCUT2D eigenvalue weighted by Crippen LogP contribution is -2.55. The van der Waals surface area contributed by atoms with Crippen molar-refractivity contribution in [2.45, 2.75) is 49.8 Å². The van der Waals surface area contributed by atoms with E-state index in [2.05, 4.69) is 45.8 Å². The van der Waals surface area contributed by atoms with Crippen LogP contribution in [-0.4, -0.2) is 53.3 Å². The standard InChI is InChI=1S/C19H32N2O3SSi/c1-7-16-8-10-18(11-9-16)25(22,23)21-13-12-20-17(14-21)15-24-26(5,6)19(2,3)4/h7-11,17,20H,1,12-15H2,2-6H3/t17-/m0/s1. The van der Waals surface area contributed by atoms with Crippen LogP contribution in [0.2, 0.25) is 18.1 Å². The van der Waals surface area contributed by atoms with Gasteiger partial charge >= 0.3 is 0 Å². The monoisotopic (exact) mass is 396 g/mol. The van der Waals surface area contributed by atoms with Crippen LogP contribution in [0.25, 0.3) is 6.08 Å². The lowest BCUT2D eigenvalue weighted by Gasteiger charge is -2.39. The molecule has 1 aromatic carbocycles. The highest BCUT2D eigenvalue weighted by molar-refractivity contribution is 7.89. The number of piperazine rings is 1. The van der Waals surface area contributed by atoms with Crippen molar-refractivity contribution in [3.8, 4) is 0 Å². The van der Waals surface area contributed by atoms with Gasteiger partial charge in [0.05, 0.1) is 11.5 Å². The van der Waals surface area contributed by atoms with Crippen molar-refractivity contribution in [1.82, 2.24) is 9.62 Å². The Kier molecular flexibility index (Phi) is 6.51. The predicted octanol–water partition coefficient (Wildman–Crippen LogP) is 3.31. The second kappa shape index (κ2) is 7.94. The van der Waals surface area contributed by atoms with Crippen LogP contribution in [0.5, 0.6) is 0 Å². The molecule has 1 fully saturated rings. The molecule has 0 saturated carbocycles. The third kappa shape index (κ3) is 4.83. The molecule has 0 radical (unpaired) electrons. The average molecular weight is 397 g/mol. The number of hydrogen-bond donors (Lipinski definition) is 1. The average Bonchev–Trinajstić information content (AvgIpc) is 2.59. The largest absolute Gasteiger partial charge is 0.415 e. The van der Waals surface area contributed by atoms with Gasteiger partial charge in [-0.1, -0.05) is 45.6 Å². The van der Waals surface area contributed by atoms with Crippen molar-refractivity contribution in [2.75, 3.05) is 26.2 Å². The fourth-order valence-electron chi connectivity index (χ4n) is 2.58. The number of sulfonamides is 1. The van der Waals surface area contributed by atoms with Crippen LogP contribution in [0.4, 0.5) is 0 Å². The zero-order valence-corrected chi connectivity index (χ0v) is 18.4. The van der Waals surface area contributed by atoms with E-state index in [0.29, 0.717) is 31.1 Å². The Morgan fingerprint density at radius 2 is 1.92 bits per heavy atom. The van der Waals surface area contributed by atoms with Crippen LogP contribution in [0.15, 0.2) is 35.7 Å². The predicted molar refractivity (Wildman–Crippen MR) is 110 cm³/mol. The zero-order chi connectivity index (χ0) is 19.6. The highest BCUT2D eigenvalue weighted by atomic mass is 32.2. The molecule has 26 heavy (non-hydrogen) atoms. The lowest BCUT2D eigenvalue weighted by atomic mass is 10.2. The van der Waals surface area contributed by atoms with E-state index < -0.39 is 18.3 Å². The Balaban J connectivity index is 2.06. The first kappa shape index (κ1) is 21.3. The highest BCUT2D eigenvalue weighted by Crippen LogP contribution is 2.36. The summed E-state index contributed by atoms with van der Waals surface area (Å²) >= 11 is 0. The van der Waals surface area contributed by atoms with Crippen molar-refractivity contribution in [3.63, 3.8) is 0 Å². The molecule has 1 aliphatic rings. The van der Waals surface area contributed by atoms with Crippen LogP contribution < -0.4 is 5.32 Å². The summed E-state index contributed by atoms with van der Waals surface area (Å²) in [4.78, 5) is 0.328. The summed E-state index contributed by atoms with van der Waals surface area (Å²) in [6.45, 7) is 16.8. The van der Waals surface area contributed by atoms with Gasteiger partial charge in [-0.05, 0) is 35.8 Å². The molecule has 7 heteroatoms. The smallest absolute Gasteiger partial charge is 0.243 e. The van der Waals surface area contributed by atoms with Crippen molar-refractivity contribution in [1.29, 1.82) is 0 Å². The van der Waals surface area contributed by atoms with Gasteiger partial charge in [0.15, 0.2) is 8.32 Å². The quantitative estimate of drug-likeness (QED) is 0.750. The zero-order valence-electron chi connectivity index (χ0n) is 16.6. The molecule has 1 aromatic rings. The SMILES string of the molecule is C=Cc1ccc(S(=O)(=O)N2CCN[C@H](CO[Si](C)(C)C(C)(C)C)C2)cc1. The minimum Gasteiger partial charge on any atom is -0.415 e. The molecular weight excluding hydrogens is 364 g/mol. The molecule has 0 spiro atoms. The summed E-state index contributed by atoms with van der Waals surface area (Å²) in [7, 11) is -5.34. The van der Waals surface area contributed by atoms with Crippen molar-refractivity contribution < 1.29 is 12.8 Å². The van der Waals surface area contributed by atoms with Gasteiger partial charge in [0, 0.05) is 25.7 Å². The first-order valence-corrected chi connectivity index (χ1v) is 13.4. The number of hydrogen-bond acceptors (Lipinski definition) is 4. The summed E-state index contributed by atoms with van der Waals surface area (Å²) in [6.07, 6.45) is 1.70. The minimum absolute atomic E-state index is 0.0140. The molecule has 1 aliphatic heterocycles. The molecule has 1 heterocycles. The maximum absolute atomic E-state index is 12.9. The van der Waals surface area contributed by atoms with Gasteiger partial charge < -0.3 is 9.74 Å². The summed E-state index contributed by atoms with van der Waals surface area (Å²) in [5.41, 5.74) is 0.907. The summed E-state index contributed by atoms with van der Waals surface area (Å²) in [5, 5.41) is 3.53. The number of rotatable bonds is 6. The molecule has 2 rings (SSSR count). The third-order valence-corrected chi connectivity index (χ3v) is 11.8. The Bertz CT molecular complexity index is 724. The van der Waals surface area contributed by atoms with E-state index >= 15 is 0 Å². The Hall–Kier alpha value is -0.993. The molecule has 1 N–H and O–H groups in total. The molecule has 5 nitrogen and oxygen atoms in total. The topological polar surface area (TPSA) is 58.6 Å². The minimum atomic E-state index is -3.49. The van der Waals surface area contributed by atoms with Crippen LogP contribution in [-0.2, 0) is 14.4 Å². The normalized spacial score (nSPS) is 20.1. The maximum Gasteiger partial charge on any atom is 0.243 e.